The van der Waals surface area contributed by atoms with Gasteiger partial charge in [0.05, 0.1) is 34.2 Å². The molecule has 0 radical (unpaired) electrons. The predicted octanol–water partition coefficient (Wildman–Crippen LogP) is 7.25. The Morgan fingerprint density at radius 2 is 1.91 bits per heavy atom. The number of aliphatic hydroxyl groups is 1. The van der Waals surface area contributed by atoms with E-state index in [1.165, 1.54) is 11.8 Å². The van der Waals surface area contributed by atoms with Crippen molar-refractivity contribution in [2.24, 2.45) is 4.99 Å². The van der Waals surface area contributed by atoms with E-state index in [4.69, 9.17) is 9.47 Å². The van der Waals surface area contributed by atoms with E-state index in [-0.39, 0.29) is 35.0 Å². The van der Waals surface area contributed by atoms with Crippen LogP contribution in [0.4, 0.5) is 5.69 Å². The van der Waals surface area contributed by atoms with Gasteiger partial charge in [0.15, 0.2) is 0 Å². The van der Waals surface area contributed by atoms with Gasteiger partial charge in [0.2, 0.25) is 11.4 Å². The van der Waals surface area contributed by atoms with Crippen molar-refractivity contribution < 1.29 is 29.3 Å². The minimum absolute atomic E-state index is 0.0242. The first-order valence-corrected chi connectivity index (χ1v) is 16.2. The number of aliphatic hydroxyl groups excluding tert-OH is 1. The largest absolute Gasteiger partial charge is 0.507 e. The highest BCUT2D eigenvalue weighted by Gasteiger charge is 2.42. The number of fused-ring (bicyclic) bond motifs is 2. The molecule has 0 aromatic heterocycles. The van der Waals surface area contributed by atoms with Gasteiger partial charge >= 0.3 is 5.97 Å². The molecule has 0 bridgehead atoms. The number of anilines is 1. The smallest absolute Gasteiger partial charge is 0.350 e. The number of ether oxygens (including phenoxy) is 2. The minimum atomic E-state index is -1.12. The molecule has 234 valence electrons. The Hall–Kier alpha value is -4.24. The van der Waals surface area contributed by atoms with Crippen LogP contribution in [0.15, 0.2) is 79.5 Å². The van der Waals surface area contributed by atoms with E-state index in [1.807, 2.05) is 65.0 Å². The molecule has 45 heavy (non-hydrogen) atoms. The van der Waals surface area contributed by atoms with Gasteiger partial charge in [-0.1, -0.05) is 30.8 Å². The summed E-state index contributed by atoms with van der Waals surface area (Å²) in [6, 6.07) is 7.98. The Kier molecular flexibility index (Phi) is 7.93. The fraction of sp³-hybridized carbons (Fsp3) is 0.361. The minimum Gasteiger partial charge on any atom is -0.507 e. The summed E-state index contributed by atoms with van der Waals surface area (Å²) in [4.78, 5) is 34.2. The number of rotatable bonds is 7. The number of carbonyl (C=O) groups is 2. The maximum atomic E-state index is 13.3. The van der Waals surface area contributed by atoms with E-state index in [2.05, 4.69) is 9.89 Å². The Balaban J connectivity index is 1.15. The lowest BCUT2D eigenvalue weighted by molar-refractivity contribution is -0.162. The van der Waals surface area contributed by atoms with Crippen LogP contribution in [0.25, 0.3) is 0 Å². The molecule has 0 spiro atoms. The number of esters is 1. The second-order valence-corrected chi connectivity index (χ2v) is 13.2. The van der Waals surface area contributed by atoms with E-state index in [1.54, 1.807) is 13.0 Å². The SMILES string of the molecule is CCC1=CC(C)=N/C1=C1\C(=O)C(/C=C2\Sc3ccccc3N2CCCOC(=O)C2(C)CCc3c(C)c(O)c(C)c(C)c3O2)=C1O. The number of phenols is 1. The van der Waals surface area contributed by atoms with Crippen LogP contribution in [0.2, 0.25) is 0 Å². The predicted molar refractivity (Wildman–Crippen MR) is 176 cm³/mol. The molecule has 3 aliphatic heterocycles. The average molecular weight is 627 g/mol. The highest BCUT2D eigenvalue weighted by molar-refractivity contribution is 8.03. The van der Waals surface area contributed by atoms with Crippen molar-refractivity contribution in [1.29, 1.82) is 0 Å². The number of carbonyl (C=O) groups excluding carboxylic acids is 2. The molecule has 0 saturated heterocycles. The number of hydrogen-bond acceptors (Lipinski definition) is 9. The van der Waals surface area contributed by atoms with Crippen molar-refractivity contribution >= 4 is 34.9 Å². The zero-order chi connectivity index (χ0) is 32.2. The molecule has 4 aliphatic rings. The lowest BCUT2D eigenvalue weighted by atomic mass is 9.85. The van der Waals surface area contributed by atoms with Gasteiger partial charge < -0.3 is 24.6 Å². The van der Waals surface area contributed by atoms with Gasteiger partial charge in [-0.2, -0.15) is 0 Å². The number of Topliss-reactive ketones (excluding diaryl/α,β-unsaturated/α-hetero) is 1. The summed E-state index contributed by atoms with van der Waals surface area (Å²) >= 11 is 1.54. The molecule has 0 saturated carbocycles. The Morgan fingerprint density at radius 1 is 1.16 bits per heavy atom. The highest BCUT2D eigenvalue weighted by Crippen LogP contribution is 2.48. The van der Waals surface area contributed by atoms with Gasteiger partial charge in [-0.25, -0.2) is 4.79 Å². The first-order valence-electron chi connectivity index (χ1n) is 15.4. The molecule has 0 amide bonds. The topological polar surface area (TPSA) is 109 Å². The van der Waals surface area contributed by atoms with Crippen LogP contribution in [0.3, 0.4) is 0 Å². The molecule has 2 N–H and O–H groups in total. The van der Waals surface area contributed by atoms with E-state index in [0.29, 0.717) is 37.3 Å². The summed E-state index contributed by atoms with van der Waals surface area (Å²) < 4.78 is 12.0. The van der Waals surface area contributed by atoms with Crippen molar-refractivity contribution in [2.45, 2.75) is 77.7 Å². The van der Waals surface area contributed by atoms with Gasteiger partial charge in [0.1, 0.15) is 17.3 Å². The number of ketones is 1. The number of aliphatic imine (C=N–C) groups is 1. The lowest BCUT2D eigenvalue weighted by Gasteiger charge is -2.36. The first-order chi connectivity index (χ1) is 21.4. The van der Waals surface area contributed by atoms with Gasteiger partial charge in [-0.3, -0.25) is 9.79 Å². The monoisotopic (exact) mass is 626 g/mol. The van der Waals surface area contributed by atoms with Crippen molar-refractivity contribution in [3.8, 4) is 11.5 Å². The van der Waals surface area contributed by atoms with E-state index < -0.39 is 11.6 Å². The fourth-order valence-electron chi connectivity index (χ4n) is 6.31. The molecule has 1 aliphatic carbocycles. The van der Waals surface area contributed by atoms with Crippen molar-refractivity contribution in [3.63, 3.8) is 0 Å². The maximum absolute atomic E-state index is 13.3. The highest BCUT2D eigenvalue weighted by atomic mass is 32.2. The molecular weight excluding hydrogens is 588 g/mol. The summed E-state index contributed by atoms with van der Waals surface area (Å²) in [6.07, 6.45) is 6.03. The standard InChI is InChI=1S/C36H38N2O6S/c1-7-23-17-19(2)37-30(23)29-32(40)25(33(29)41)18-28-38(26-11-8-9-12-27(26)45-28)15-10-16-43-35(42)36(6)14-13-24-22(5)31(39)20(3)21(4)34(24)44-36/h8-9,11-12,17-18,39-40H,7,10,13-16H2,1-6H3/b28-18-,30-29-. The lowest BCUT2D eigenvalue weighted by Crippen LogP contribution is -2.46. The molecule has 2 aromatic rings. The molecular formula is C36H38N2O6S. The van der Waals surface area contributed by atoms with Crippen LogP contribution in [0.5, 0.6) is 11.5 Å². The molecule has 3 heterocycles. The van der Waals surface area contributed by atoms with Crippen LogP contribution in [-0.2, 0) is 20.7 Å². The quantitative estimate of drug-likeness (QED) is 0.188. The normalized spacial score (nSPS) is 23.0. The zero-order valence-electron chi connectivity index (χ0n) is 26.5. The number of hydrogen-bond donors (Lipinski definition) is 2. The third-order valence-corrected chi connectivity index (χ3v) is 10.3. The van der Waals surface area contributed by atoms with Crippen LogP contribution in [0, 0.1) is 20.8 Å². The van der Waals surface area contributed by atoms with Crippen LogP contribution in [0.1, 0.15) is 62.3 Å². The second-order valence-electron chi connectivity index (χ2n) is 12.1. The van der Waals surface area contributed by atoms with Crippen LogP contribution < -0.4 is 9.64 Å². The maximum Gasteiger partial charge on any atom is 0.350 e. The molecule has 0 fully saturated rings. The van der Waals surface area contributed by atoms with Crippen molar-refractivity contribution in [1.82, 2.24) is 0 Å². The average Bonchev–Trinajstić information content (AvgIpc) is 3.58. The number of allylic oxidation sites excluding steroid dienone is 5. The summed E-state index contributed by atoms with van der Waals surface area (Å²) in [7, 11) is 0. The van der Waals surface area contributed by atoms with Gasteiger partial charge in [-0.05, 0) is 100 Å². The van der Waals surface area contributed by atoms with E-state index in [0.717, 1.165) is 55.6 Å². The number of benzene rings is 2. The summed E-state index contributed by atoms with van der Waals surface area (Å²) in [5.74, 6) is 0.291. The second kappa shape index (κ2) is 11.6. The number of aromatic hydroxyl groups is 1. The Bertz CT molecular complexity index is 1810. The Labute approximate surface area is 267 Å². The van der Waals surface area contributed by atoms with Crippen LogP contribution >= 0.6 is 11.8 Å². The summed E-state index contributed by atoms with van der Waals surface area (Å²) in [6.45, 7) is 12.0. The summed E-state index contributed by atoms with van der Waals surface area (Å²) in [5.41, 5.74) is 6.09. The third kappa shape index (κ3) is 5.17. The molecule has 6 rings (SSSR count). The number of phenolic OH excluding ortho intramolecular Hbond substituents is 1. The van der Waals surface area contributed by atoms with Crippen molar-refractivity contribution in [3.05, 3.63) is 91.9 Å². The molecule has 2 aromatic carbocycles. The van der Waals surface area contributed by atoms with E-state index in [9.17, 15) is 19.8 Å². The number of nitrogens with zero attached hydrogens (tertiary/aromatic N) is 2. The summed E-state index contributed by atoms with van der Waals surface area (Å²) in [5, 5.41) is 22.3. The molecule has 1 unspecified atom stereocenters. The van der Waals surface area contributed by atoms with E-state index >= 15 is 0 Å². The molecule has 9 heteroatoms. The number of para-hydroxylation sites is 1. The molecule has 1 atom stereocenters. The van der Waals surface area contributed by atoms with Gasteiger partial charge in [0, 0.05) is 29.1 Å². The number of thioether (sulfide) groups is 1. The Morgan fingerprint density at radius 3 is 2.64 bits per heavy atom. The van der Waals surface area contributed by atoms with Gasteiger partial charge in [0.25, 0.3) is 0 Å². The molecule has 8 nitrogen and oxygen atoms in total. The van der Waals surface area contributed by atoms with Crippen molar-refractivity contribution in [2.75, 3.05) is 18.1 Å². The fourth-order valence-corrected chi connectivity index (χ4v) is 7.44. The third-order valence-electron chi connectivity index (χ3n) is 9.17. The first kappa shape index (κ1) is 30.8. The zero-order valence-corrected chi connectivity index (χ0v) is 27.4. The van der Waals surface area contributed by atoms with Gasteiger partial charge in [-0.15, -0.1) is 0 Å². The van der Waals surface area contributed by atoms with Crippen LogP contribution in [-0.4, -0.2) is 46.4 Å².